The first-order chi connectivity index (χ1) is 5.04. The smallest absolute Gasteiger partial charge is 0.0311 e. The summed E-state index contributed by atoms with van der Waals surface area (Å²) in [6, 6.07) is 0. The first-order valence-corrected chi connectivity index (χ1v) is 4.77. The van der Waals surface area contributed by atoms with Gasteiger partial charge < -0.3 is 0 Å². The summed E-state index contributed by atoms with van der Waals surface area (Å²) in [6.07, 6.45) is 4.36. The van der Waals surface area contributed by atoms with Gasteiger partial charge in [-0.2, -0.15) is 0 Å². The Kier molecular flexibility index (Phi) is 4.83. The Morgan fingerprint density at radius 1 is 1.55 bits per heavy atom. The van der Waals surface area contributed by atoms with E-state index in [0.717, 1.165) is 12.3 Å². The average molecular weight is 175 g/mol. The molecule has 0 aromatic heterocycles. The van der Waals surface area contributed by atoms with E-state index >= 15 is 0 Å². The van der Waals surface area contributed by atoms with Crippen LogP contribution >= 0.6 is 11.6 Å². The van der Waals surface area contributed by atoms with Crippen LogP contribution in [0.5, 0.6) is 0 Å². The number of hydrogen-bond acceptors (Lipinski definition) is 0. The highest BCUT2D eigenvalue weighted by Crippen LogP contribution is 2.27. The second-order valence-corrected chi connectivity index (χ2v) is 4.19. The molecule has 0 fully saturated rings. The molecule has 0 aromatic rings. The SMILES string of the molecule is C=CC(C)(CCl)CCC(C)C. The standard InChI is InChI=1S/C10H19Cl/c1-5-10(4,8-11)7-6-9(2)3/h5,9H,1,6-8H2,2-4H3. The molecule has 0 N–H and O–H groups in total. The van der Waals surface area contributed by atoms with Crippen molar-refractivity contribution in [3.63, 3.8) is 0 Å². The minimum Gasteiger partial charge on any atom is -0.126 e. The normalized spacial score (nSPS) is 16.5. The van der Waals surface area contributed by atoms with Gasteiger partial charge in [-0.05, 0) is 17.8 Å². The van der Waals surface area contributed by atoms with Crippen molar-refractivity contribution in [3.05, 3.63) is 12.7 Å². The van der Waals surface area contributed by atoms with Crippen molar-refractivity contribution in [1.29, 1.82) is 0 Å². The van der Waals surface area contributed by atoms with Crippen LogP contribution in [0.2, 0.25) is 0 Å². The molecule has 0 aliphatic carbocycles. The van der Waals surface area contributed by atoms with Crippen LogP contribution in [-0.2, 0) is 0 Å². The average Bonchev–Trinajstić information content (AvgIpc) is 2.00. The molecule has 0 aromatic carbocycles. The van der Waals surface area contributed by atoms with Gasteiger partial charge in [0.25, 0.3) is 0 Å². The van der Waals surface area contributed by atoms with E-state index in [9.17, 15) is 0 Å². The van der Waals surface area contributed by atoms with Gasteiger partial charge in [0, 0.05) is 5.88 Å². The Labute approximate surface area is 75.6 Å². The molecule has 1 unspecified atom stereocenters. The predicted molar refractivity (Wildman–Crippen MR) is 53.1 cm³/mol. The van der Waals surface area contributed by atoms with Crippen molar-refractivity contribution in [3.8, 4) is 0 Å². The third-order valence-electron chi connectivity index (χ3n) is 2.09. The van der Waals surface area contributed by atoms with E-state index in [2.05, 4.69) is 27.4 Å². The van der Waals surface area contributed by atoms with E-state index in [1.807, 2.05) is 6.08 Å². The highest BCUT2D eigenvalue weighted by atomic mass is 35.5. The van der Waals surface area contributed by atoms with E-state index < -0.39 is 0 Å². The fourth-order valence-corrected chi connectivity index (χ4v) is 1.08. The van der Waals surface area contributed by atoms with Gasteiger partial charge in [-0.1, -0.05) is 33.3 Å². The van der Waals surface area contributed by atoms with E-state index in [-0.39, 0.29) is 5.41 Å². The molecule has 0 aliphatic heterocycles. The summed E-state index contributed by atoms with van der Waals surface area (Å²) < 4.78 is 0. The van der Waals surface area contributed by atoms with E-state index in [4.69, 9.17) is 11.6 Å². The summed E-state index contributed by atoms with van der Waals surface area (Å²) in [5.41, 5.74) is 0.145. The van der Waals surface area contributed by atoms with Gasteiger partial charge in [0.15, 0.2) is 0 Å². The predicted octanol–water partition coefficient (Wildman–Crippen LogP) is 3.85. The molecule has 0 spiro atoms. The molecule has 0 amide bonds. The molecule has 0 aliphatic rings. The number of alkyl halides is 1. The van der Waals surface area contributed by atoms with Crippen LogP contribution in [0.25, 0.3) is 0 Å². The molecular weight excluding hydrogens is 156 g/mol. The van der Waals surface area contributed by atoms with Crippen LogP contribution in [0.15, 0.2) is 12.7 Å². The molecule has 1 heteroatoms. The summed E-state index contributed by atoms with van der Waals surface area (Å²) >= 11 is 5.82. The third-order valence-corrected chi connectivity index (χ3v) is 2.70. The first-order valence-electron chi connectivity index (χ1n) is 4.23. The lowest BCUT2D eigenvalue weighted by Crippen LogP contribution is -2.15. The maximum absolute atomic E-state index is 5.82. The topological polar surface area (TPSA) is 0 Å². The van der Waals surface area contributed by atoms with Crippen LogP contribution in [0.4, 0.5) is 0 Å². The summed E-state index contributed by atoms with van der Waals surface area (Å²) in [4.78, 5) is 0. The molecule has 0 heterocycles. The minimum absolute atomic E-state index is 0.145. The Bertz CT molecular complexity index is 118. The molecule has 0 saturated heterocycles. The number of allylic oxidation sites excluding steroid dienone is 1. The molecule has 0 rings (SSSR count). The largest absolute Gasteiger partial charge is 0.126 e. The Balaban J connectivity index is 3.78. The van der Waals surface area contributed by atoms with E-state index in [1.165, 1.54) is 6.42 Å². The van der Waals surface area contributed by atoms with Crippen LogP contribution < -0.4 is 0 Å². The number of halogens is 1. The molecule has 1 atom stereocenters. The fourth-order valence-electron chi connectivity index (χ4n) is 0.842. The summed E-state index contributed by atoms with van der Waals surface area (Å²) in [7, 11) is 0. The monoisotopic (exact) mass is 174 g/mol. The van der Waals surface area contributed by atoms with Crippen LogP contribution in [-0.4, -0.2) is 5.88 Å². The van der Waals surface area contributed by atoms with Crippen molar-refractivity contribution in [2.24, 2.45) is 11.3 Å². The van der Waals surface area contributed by atoms with Gasteiger partial charge in [-0.15, -0.1) is 18.2 Å². The summed E-state index contributed by atoms with van der Waals surface area (Å²) in [6.45, 7) is 10.4. The third kappa shape index (κ3) is 4.47. The lowest BCUT2D eigenvalue weighted by Gasteiger charge is -2.23. The van der Waals surface area contributed by atoms with Gasteiger partial charge >= 0.3 is 0 Å². The lowest BCUT2D eigenvalue weighted by molar-refractivity contribution is 0.389. The highest BCUT2D eigenvalue weighted by Gasteiger charge is 2.18. The maximum atomic E-state index is 5.82. The quantitative estimate of drug-likeness (QED) is 0.439. The summed E-state index contributed by atoms with van der Waals surface area (Å²) in [5.74, 6) is 1.45. The van der Waals surface area contributed by atoms with Gasteiger partial charge in [-0.3, -0.25) is 0 Å². The first kappa shape index (κ1) is 11.0. The zero-order valence-electron chi connectivity index (χ0n) is 7.86. The van der Waals surface area contributed by atoms with E-state index in [1.54, 1.807) is 0 Å². The maximum Gasteiger partial charge on any atom is 0.0311 e. The van der Waals surface area contributed by atoms with Crippen molar-refractivity contribution >= 4 is 11.6 Å². The zero-order valence-corrected chi connectivity index (χ0v) is 8.62. The Hall–Kier alpha value is 0.0300. The molecule has 0 bridgehead atoms. The Morgan fingerprint density at radius 2 is 2.09 bits per heavy atom. The summed E-state index contributed by atoms with van der Waals surface area (Å²) in [5, 5.41) is 0. The molecule has 0 radical (unpaired) electrons. The van der Waals surface area contributed by atoms with Crippen molar-refractivity contribution in [2.75, 3.05) is 5.88 Å². The van der Waals surface area contributed by atoms with E-state index in [0.29, 0.717) is 5.88 Å². The molecule has 0 saturated carbocycles. The van der Waals surface area contributed by atoms with Crippen LogP contribution in [0.1, 0.15) is 33.6 Å². The van der Waals surface area contributed by atoms with Crippen LogP contribution in [0.3, 0.4) is 0 Å². The lowest BCUT2D eigenvalue weighted by atomic mass is 9.85. The number of hydrogen-bond donors (Lipinski definition) is 0. The van der Waals surface area contributed by atoms with Gasteiger partial charge in [0.05, 0.1) is 0 Å². The molecule has 11 heavy (non-hydrogen) atoms. The zero-order chi connectivity index (χ0) is 8.91. The minimum atomic E-state index is 0.145. The van der Waals surface area contributed by atoms with Gasteiger partial charge in [0.2, 0.25) is 0 Å². The van der Waals surface area contributed by atoms with Crippen molar-refractivity contribution in [1.82, 2.24) is 0 Å². The van der Waals surface area contributed by atoms with Crippen molar-refractivity contribution in [2.45, 2.75) is 33.6 Å². The van der Waals surface area contributed by atoms with Crippen molar-refractivity contribution < 1.29 is 0 Å². The second kappa shape index (κ2) is 4.82. The van der Waals surface area contributed by atoms with Crippen LogP contribution in [0, 0.1) is 11.3 Å². The molecule has 0 nitrogen and oxygen atoms in total. The second-order valence-electron chi connectivity index (χ2n) is 3.92. The van der Waals surface area contributed by atoms with Gasteiger partial charge in [0.1, 0.15) is 0 Å². The Morgan fingerprint density at radius 3 is 2.36 bits per heavy atom. The highest BCUT2D eigenvalue weighted by molar-refractivity contribution is 6.18. The number of rotatable bonds is 5. The van der Waals surface area contributed by atoms with Gasteiger partial charge in [-0.25, -0.2) is 0 Å². The fraction of sp³-hybridized carbons (Fsp3) is 0.800. The molecule has 66 valence electrons. The molecular formula is C10H19Cl.